The maximum absolute atomic E-state index is 11.7. The number of rotatable bonds is 3. The minimum absolute atomic E-state index is 0.261. The molecule has 3 nitrogen and oxygen atoms in total. The molecule has 2 aliphatic rings. The molecule has 0 bridgehead atoms. The molecule has 0 radical (unpaired) electrons. The Morgan fingerprint density at radius 1 is 1.44 bits per heavy atom. The summed E-state index contributed by atoms with van der Waals surface area (Å²) in [6.45, 7) is 2.16. The van der Waals surface area contributed by atoms with Crippen LogP contribution in [0.1, 0.15) is 39.0 Å². The van der Waals surface area contributed by atoms with Crippen LogP contribution in [0.4, 0.5) is 0 Å². The van der Waals surface area contributed by atoms with Gasteiger partial charge in [0.15, 0.2) is 0 Å². The predicted octanol–water partition coefficient (Wildman–Crippen LogP) is 2.52. The van der Waals surface area contributed by atoms with Gasteiger partial charge in [-0.25, -0.2) is 0 Å². The summed E-state index contributed by atoms with van der Waals surface area (Å²) in [7, 11) is 0. The molecule has 2 fully saturated rings. The first-order valence-corrected chi connectivity index (χ1v) is 6.34. The molecular formula is C13H19NO2. The third-order valence-electron chi connectivity index (χ3n) is 4.25. The van der Waals surface area contributed by atoms with Crippen LogP contribution in [0.2, 0.25) is 0 Å². The monoisotopic (exact) mass is 221 g/mol. The molecule has 4 atom stereocenters. The second kappa shape index (κ2) is 4.86. The first-order chi connectivity index (χ1) is 7.77. The molecular weight excluding hydrogens is 202 g/mol. The third-order valence-corrected chi connectivity index (χ3v) is 4.25. The minimum Gasteiger partial charge on any atom is -0.465 e. The molecule has 2 aliphatic carbocycles. The molecule has 0 aromatic rings. The summed E-state index contributed by atoms with van der Waals surface area (Å²) in [6.07, 6.45) is 6.00. The first kappa shape index (κ1) is 11.4. The Labute approximate surface area is 96.8 Å². The lowest BCUT2D eigenvalue weighted by Gasteiger charge is -2.21. The van der Waals surface area contributed by atoms with Crippen molar-refractivity contribution >= 4 is 5.97 Å². The van der Waals surface area contributed by atoms with Crippen molar-refractivity contribution in [3.63, 3.8) is 0 Å². The number of nitrogens with zero attached hydrogens (tertiary/aromatic N) is 1. The number of hydrogen-bond donors (Lipinski definition) is 0. The Bertz CT molecular complexity index is 308. The Hall–Kier alpha value is -1.04. The van der Waals surface area contributed by atoms with Gasteiger partial charge in [-0.1, -0.05) is 12.8 Å². The molecule has 0 amide bonds. The Balaban J connectivity index is 2.05. The van der Waals surface area contributed by atoms with Crippen molar-refractivity contribution in [1.29, 1.82) is 5.26 Å². The lowest BCUT2D eigenvalue weighted by molar-refractivity contribution is -0.148. The number of fused-ring (bicyclic) bond motifs is 1. The van der Waals surface area contributed by atoms with E-state index in [1.807, 2.05) is 0 Å². The summed E-state index contributed by atoms with van der Waals surface area (Å²) in [5.41, 5.74) is 0. The fourth-order valence-corrected chi connectivity index (χ4v) is 3.58. The van der Waals surface area contributed by atoms with Crippen molar-refractivity contribution in [1.82, 2.24) is 0 Å². The quantitative estimate of drug-likeness (QED) is 0.688. The highest BCUT2D eigenvalue weighted by Gasteiger charge is 2.45. The molecule has 2 saturated carbocycles. The number of hydrogen-bond acceptors (Lipinski definition) is 3. The molecule has 16 heavy (non-hydrogen) atoms. The standard InChI is InChI=1S/C13H19NO2/c1-2-16-13(15)12(8-14)11-7-6-9-4-3-5-10(9)11/h9-12H,2-7H2,1H3/t9-,10-,11?,12?/m0/s1. The van der Waals surface area contributed by atoms with E-state index in [1.54, 1.807) is 6.92 Å². The van der Waals surface area contributed by atoms with E-state index in [9.17, 15) is 4.79 Å². The Morgan fingerprint density at radius 2 is 2.25 bits per heavy atom. The average molecular weight is 221 g/mol. The van der Waals surface area contributed by atoms with Crippen molar-refractivity contribution in [3.8, 4) is 6.07 Å². The van der Waals surface area contributed by atoms with E-state index in [-0.39, 0.29) is 11.9 Å². The molecule has 0 heterocycles. The largest absolute Gasteiger partial charge is 0.465 e. The predicted molar refractivity (Wildman–Crippen MR) is 59.3 cm³/mol. The Kier molecular flexibility index (Phi) is 3.48. The van der Waals surface area contributed by atoms with E-state index in [0.29, 0.717) is 12.5 Å². The van der Waals surface area contributed by atoms with E-state index in [0.717, 1.165) is 12.3 Å². The van der Waals surface area contributed by atoms with Crippen LogP contribution in [0.3, 0.4) is 0 Å². The van der Waals surface area contributed by atoms with Crippen LogP contribution in [-0.2, 0) is 9.53 Å². The van der Waals surface area contributed by atoms with E-state index in [4.69, 9.17) is 10.00 Å². The van der Waals surface area contributed by atoms with Gasteiger partial charge in [-0.15, -0.1) is 0 Å². The second-order valence-corrected chi connectivity index (χ2v) is 4.95. The zero-order valence-corrected chi connectivity index (χ0v) is 9.82. The van der Waals surface area contributed by atoms with Crippen molar-refractivity contribution in [3.05, 3.63) is 0 Å². The first-order valence-electron chi connectivity index (χ1n) is 6.34. The SMILES string of the molecule is CCOC(=O)C(C#N)C1CC[C@@H]2CCC[C@H]12. The van der Waals surface area contributed by atoms with Crippen LogP contribution in [-0.4, -0.2) is 12.6 Å². The van der Waals surface area contributed by atoms with Crippen molar-refractivity contribution in [2.75, 3.05) is 6.61 Å². The molecule has 3 heteroatoms. The summed E-state index contributed by atoms with van der Waals surface area (Å²) in [5, 5.41) is 9.15. The molecule has 88 valence electrons. The minimum atomic E-state index is -0.520. The zero-order valence-electron chi connectivity index (χ0n) is 9.82. The van der Waals surface area contributed by atoms with Crippen LogP contribution < -0.4 is 0 Å². The fraction of sp³-hybridized carbons (Fsp3) is 0.846. The summed E-state index contributed by atoms with van der Waals surface area (Å²) in [4.78, 5) is 11.7. The average Bonchev–Trinajstić information content (AvgIpc) is 2.83. The summed E-state index contributed by atoms with van der Waals surface area (Å²) in [6, 6.07) is 2.17. The molecule has 2 unspecified atom stereocenters. The van der Waals surface area contributed by atoms with Gasteiger partial charge < -0.3 is 4.74 Å². The van der Waals surface area contributed by atoms with Crippen molar-refractivity contribution < 1.29 is 9.53 Å². The maximum Gasteiger partial charge on any atom is 0.323 e. The van der Waals surface area contributed by atoms with Gasteiger partial charge in [-0.3, -0.25) is 4.79 Å². The number of carbonyl (C=O) groups is 1. The summed E-state index contributed by atoms with van der Waals surface area (Å²) >= 11 is 0. The van der Waals surface area contributed by atoms with Crippen LogP contribution in [0.25, 0.3) is 0 Å². The number of carbonyl (C=O) groups excluding carboxylic acids is 1. The van der Waals surface area contributed by atoms with Crippen LogP contribution in [0.5, 0.6) is 0 Å². The van der Waals surface area contributed by atoms with Gasteiger partial charge in [0.1, 0.15) is 5.92 Å². The Morgan fingerprint density at radius 3 is 2.94 bits per heavy atom. The van der Waals surface area contributed by atoms with Crippen LogP contribution in [0.15, 0.2) is 0 Å². The zero-order chi connectivity index (χ0) is 11.5. The number of ether oxygens (including phenoxy) is 1. The van der Waals surface area contributed by atoms with Gasteiger partial charge >= 0.3 is 5.97 Å². The van der Waals surface area contributed by atoms with Gasteiger partial charge in [-0.05, 0) is 43.9 Å². The number of esters is 1. The van der Waals surface area contributed by atoms with Crippen LogP contribution >= 0.6 is 0 Å². The van der Waals surface area contributed by atoms with E-state index in [2.05, 4.69) is 6.07 Å². The molecule has 0 N–H and O–H groups in total. The van der Waals surface area contributed by atoms with Gasteiger partial charge in [0.2, 0.25) is 0 Å². The van der Waals surface area contributed by atoms with Crippen molar-refractivity contribution in [2.24, 2.45) is 23.7 Å². The molecule has 0 aliphatic heterocycles. The molecule has 0 saturated heterocycles. The van der Waals surface area contributed by atoms with Gasteiger partial charge in [0, 0.05) is 0 Å². The highest BCUT2D eigenvalue weighted by atomic mass is 16.5. The highest BCUT2D eigenvalue weighted by Crippen LogP contribution is 2.50. The lowest BCUT2D eigenvalue weighted by atomic mass is 9.82. The molecule has 2 rings (SSSR count). The normalized spacial score (nSPS) is 34.1. The maximum atomic E-state index is 11.7. The smallest absolute Gasteiger partial charge is 0.323 e. The molecule has 0 spiro atoms. The van der Waals surface area contributed by atoms with E-state index in [1.165, 1.54) is 25.7 Å². The lowest BCUT2D eigenvalue weighted by Crippen LogP contribution is -2.27. The molecule has 0 aromatic carbocycles. The highest BCUT2D eigenvalue weighted by molar-refractivity contribution is 5.75. The van der Waals surface area contributed by atoms with Gasteiger partial charge in [0.05, 0.1) is 12.7 Å². The van der Waals surface area contributed by atoms with E-state index >= 15 is 0 Å². The topological polar surface area (TPSA) is 50.1 Å². The summed E-state index contributed by atoms with van der Waals surface area (Å²) in [5.74, 6) is 0.816. The molecule has 0 aromatic heterocycles. The van der Waals surface area contributed by atoms with Crippen molar-refractivity contribution in [2.45, 2.75) is 39.0 Å². The summed E-state index contributed by atoms with van der Waals surface area (Å²) < 4.78 is 4.99. The van der Waals surface area contributed by atoms with E-state index < -0.39 is 5.92 Å². The number of nitriles is 1. The third kappa shape index (κ3) is 1.93. The second-order valence-electron chi connectivity index (χ2n) is 4.95. The fourth-order valence-electron chi connectivity index (χ4n) is 3.58. The van der Waals surface area contributed by atoms with Crippen LogP contribution in [0, 0.1) is 35.0 Å². The van der Waals surface area contributed by atoms with Gasteiger partial charge in [-0.2, -0.15) is 5.26 Å². The van der Waals surface area contributed by atoms with Gasteiger partial charge in [0.25, 0.3) is 0 Å².